The van der Waals surface area contributed by atoms with E-state index in [1.165, 1.54) is 33.3 Å². The van der Waals surface area contributed by atoms with E-state index in [1.807, 2.05) is 0 Å². The topological polar surface area (TPSA) is 30.9 Å². The third-order valence-electron chi connectivity index (χ3n) is 4.17. The largest absolute Gasteiger partial charge is 0.340 e. The van der Waals surface area contributed by atoms with E-state index >= 15 is 0 Å². The van der Waals surface area contributed by atoms with Gasteiger partial charge < -0.3 is 10.3 Å². The molecule has 0 radical (unpaired) electrons. The number of nitrogens with two attached hydrogens (primary N) is 1. The number of nitrogens with zero attached hydrogens (tertiary/aromatic N) is 1. The molecule has 0 aliphatic carbocycles. The summed E-state index contributed by atoms with van der Waals surface area (Å²) in [6.07, 6.45) is 0. The maximum Gasteiger partial charge on any atom is 0.0488 e. The fourth-order valence-corrected chi connectivity index (χ4v) is 3.29. The molecule has 0 unspecified atom stereocenters. The van der Waals surface area contributed by atoms with E-state index in [0.29, 0.717) is 6.54 Å². The molecule has 0 spiro atoms. The molecule has 0 aliphatic heterocycles. The smallest absolute Gasteiger partial charge is 0.0488 e. The van der Waals surface area contributed by atoms with Gasteiger partial charge in [-0.25, -0.2) is 0 Å². The number of aryl methyl sites for hydroxylation is 1. The minimum absolute atomic E-state index is 0.589. The van der Waals surface area contributed by atoms with E-state index in [-0.39, 0.29) is 0 Å². The van der Waals surface area contributed by atoms with Gasteiger partial charge in [-0.3, -0.25) is 0 Å². The van der Waals surface area contributed by atoms with Crippen LogP contribution in [-0.2, 0) is 13.1 Å². The average molecular weight is 343 g/mol. The number of hydrogen-bond acceptors (Lipinski definition) is 1. The van der Waals surface area contributed by atoms with Crippen molar-refractivity contribution in [1.82, 2.24) is 4.57 Å². The Morgan fingerprint density at radius 1 is 1.05 bits per heavy atom. The van der Waals surface area contributed by atoms with Gasteiger partial charge in [-0.05, 0) is 54.8 Å². The van der Waals surface area contributed by atoms with Gasteiger partial charge in [0.05, 0.1) is 0 Å². The molecule has 3 heteroatoms. The molecule has 0 amide bonds. The monoisotopic (exact) mass is 342 g/mol. The number of benzene rings is 2. The highest BCUT2D eigenvalue weighted by Gasteiger charge is 2.11. The number of hydrogen-bond donors (Lipinski definition) is 1. The SMILES string of the molecule is Cc1c(C)n(Cc2cccc(Br)c2)c2ccc(CN)cc12. The van der Waals surface area contributed by atoms with E-state index in [4.69, 9.17) is 5.73 Å². The molecular weight excluding hydrogens is 324 g/mol. The Morgan fingerprint density at radius 3 is 2.57 bits per heavy atom. The quantitative estimate of drug-likeness (QED) is 0.744. The Hall–Kier alpha value is -1.58. The summed E-state index contributed by atoms with van der Waals surface area (Å²) < 4.78 is 3.50. The van der Waals surface area contributed by atoms with Gasteiger partial charge in [0.15, 0.2) is 0 Å². The summed E-state index contributed by atoms with van der Waals surface area (Å²) in [4.78, 5) is 0. The summed E-state index contributed by atoms with van der Waals surface area (Å²) in [7, 11) is 0. The van der Waals surface area contributed by atoms with Crippen LogP contribution in [-0.4, -0.2) is 4.57 Å². The van der Waals surface area contributed by atoms with Crippen LogP contribution in [0.5, 0.6) is 0 Å². The zero-order valence-electron chi connectivity index (χ0n) is 12.4. The van der Waals surface area contributed by atoms with Crippen molar-refractivity contribution in [1.29, 1.82) is 0 Å². The molecule has 2 aromatic carbocycles. The van der Waals surface area contributed by atoms with Crippen molar-refractivity contribution in [2.24, 2.45) is 5.73 Å². The second-order valence-corrected chi connectivity index (χ2v) is 6.40. The first-order chi connectivity index (χ1) is 10.1. The Morgan fingerprint density at radius 2 is 1.86 bits per heavy atom. The van der Waals surface area contributed by atoms with Crippen LogP contribution in [0, 0.1) is 13.8 Å². The predicted octanol–water partition coefficient (Wildman–Crippen LogP) is 4.53. The summed E-state index contributed by atoms with van der Waals surface area (Å²) in [5.74, 6) is 0. The molecule has 3 rings (SSSR count). The van der Waals surface area contributed by atoms with E-state index in [2.05, 4.69) is 76.8 Å². The highest BCUT2D eigenvalue weighted by molar-refractivity contribution is 9.10. The second-order valence-electron chi connectivity index (χ2n) is 5.48. The van der Waals surface area contributed by atoms with Crippen molar-refractivity contribution in [3.05, 3.63) is 69.3 Å². The molecule has 0 saturated heterocycles. The number of fused-ring (bicyclic) bond motifs is 1. The van der Waals surface area contributed by atoms with E-state index in [0.717, 1.165) is 11.0 Å². The average Bonchev–Trinajstić information content (AvgIpc) is 2.72. The van der Waals surface area contributed by atoms with Crippen molar-refractivity contribution in [3.8, 4) is 0 Å². The summed E-state index contributed by atoms with van der Waals surface area (Å²) in [6.45, 7) is 5.85. The molecule has 0 bridgehead atoms. The van der Waals surface area contributed by atoms with E-state index < -0.39 is 0 Å². The summed E-state index contributed by atoms with van der Waals surface area (Å²) >= 11 is 3.54. The minimum atomic E-state index is 0.589. The van der Waals surface area contributed by atoms with Crippen LogP contribution in [0.3, 0.4) is 0 Å². The molecule has 1 aromatic heterocycles. The molecule has 2 nitrogen and oxygen atoms in total. The van der Waals surface area contributed by atoms with Crippen molar-refractivity contribution in [3.63, 3.8) is 0 Å². The van der Waals surface area contributed by atoms with Gasteiger partial charge in [0, 0.05) is 34.2 Å². The lowest BCUT2D eigenvalue weighted by Gasteiger charge is -2.09. The summed E-state index contributed by atoms with van der Waals surface area (Å²) in [5.41, 5.74) is 12.2. The van der Waals surface area contributed by atoms with E-state index in [9.17, 15) is 0 Å². The van der Waals surface area contributed by atoms with Crippen LogP contribution in [0.15, 0.2) is 46.9 Å². The lowest BCUT2D eigenvalue weighted by Crippen LogP contribution is -2.02. The summed E-state index contributed by atoms with van der Waals surface area (Å²) in [6, 6.07) is 15.0. The lowest BCUT2D eigenvalue weighted by atomic mass is 10.1. The molecule has 0 saturated carbocycles. The predicted molar refractivity (Wildman–Crippen MR) is 92.5 cm³/mol. The maximum atomic E-state index is 5.76. The van der Waals surface area contributed by atoms with Gasteiger partial charge in [0.1, 0.15) is 0 Å². The molecule has 1 heterocycles. The molecule has 2 N–H and O–H groups in total. The molecule has 3 aromatic rings. The molecular formula is C18H19BrN2. The zero-order chi connectivity index (χ0) is 15.0. The first-order valence-electron chi connectivity index (χ1n) is 7.13. The molecule has 21 heavy (non-hydrogen) atoms. The molecule has 0 atom stereocenters. The second kappa shape index (κ2) is 5.66. The molecule has 0 fully saturated rings. The standard InChI is InChI=1S/C18H19BrN2/c1-12-13(2)21(11-15-4-3-5-16(19)8-15)18-7-6-14(10-20)9-17(12)18/h3-9H,10-11,20H2,1-2H3. The Kier molecular flexibility index (Phi) is 3.87. The lowest BCUT2D eigenvalue weighted by molar-refractivity contribution is 0.800. The van der Waals surface area contributed by atoms with Crippen LogP contribution in [0.1, 0.15) is 22.4 Å². The fourth-order valence-electron chi connectivity index (χ4n) is 2.85. The van der Waals surface area contributed by atoms with Gasteiger partial charge in [-0.15, -0.1) is 0 Å². The Bertz CT molecular complexity index is 802. The number of aromatic nitrogens is 1. The third-order valence-corrected chi connectivity index (χ3v) is 4.66. The normalized spacial score (nSPS) is 11.2. The first kappa shape index (κ1) is 14.4. The van der Waals surface area contributed by atoms with Gasteiger partial charge in [0.2, 0.25) is 0 Å². The zero-order valence-corrected chi connectivity index (χ0v) is 13.9. The van der Waals surface area contributed by atoms with Crippen LogP contribution < -0.4 is 5.73 Å². The highest BCUT2D eigenvalue weighted by atomic mass is 79.9. The fraction of sp³-hybridized carbons (Fsp3) is 0.222. The van der Waals surface area contributed by atoms with Crippen molar-refractivity contribution < 1.29 is 0 Å². The maximum absolute atomic E-state index is 5.76. The van der Waals surface area contributed by atoms with Gasteiger partial charge in [0.25, 0.3) is 0 Å². The number of halogens is 1. The van der Waals surface area contributed by atoms with Crippen molar-refractivity contribution in [2.45, 2.75) is 26.9 Å². The van der Waals surface area contributed by atoms with Gasteiger partial charge >= 0.3 is 0 Å². The van der Waals surface area contributed by atoms with Gasteiger partial charge in [-0.2, -0.15) is 0 Å². The Labute approximate surface area is 133 Å². The van der Waals surface area contributed by atoms with Gasteiger partial charge in [-0.1, -0.05) is 34.1 Å². The van der Waals surface area contributed by atoms with Crippen LogP contribution in [0.25, 0.3) is 10.9 Å². The number of rotatable bonds is 3. The van der Waals surface area contributed by atoms with Crippen LogP contribution >= 0.6 is 15.9 Å². The molecule has 0 aliphatic rings. The van der Waals surface area contributed by atoms with Crippen molar-refractivity contribution >= 4 is 26.8 Å². The van der Waals surface area contributed by atoms with Crippen LogP contribution in [0.2, 0.25) is 0 Å². The highest BCUT2D eigenvalue weighted by Crippen LogP contribution is 2.27. The van der Waals surface area contributed by atoms with Crippen molar-refractivity contribution in [2.75, 3.05) is 0 Å². The van der Waals surface area contributed by atoms with Crippen LogP contribution in [0.4, 0.5) is 0 Å². The minimum Gasteiger partial charge on any atom is -0.340 e. The van der Waals surface area contributed by atoms with E-state index in [1.54, 1.807) is 0 Å². The third kappa shape index (κ3) is 2.63. The summed E-state index contributed by atoms with van der Waals surface area (Å²) in [5, 5.41) is 1.31. The first-order valence-corrected chi connectivity index (χ1v) is 7.92. The Balaban J connectivity index is 2.12. The molecule has 108 valence electrons.